The molecule has 0 aromatic carbocycles. The van der Waals surface area contributed by atoms with E-state index in [-0.39, 0.29) is 5.71 Å². The molecule has 0 aromatic heterocycles. The van der Waals surface area contributed by atoms with Crippen LogP contribution < -0.4 is 0 Å². The molecule has 1 aliphatic carbocycles. The second-order valence-corrected chi connectivity index (χ2v) is 2.57. The average molecular weight is 181 g/mol. The fourth-order valence-electron chi connectivity index (χ4n) is 1.18. The Bertz CT molecular complexity index is 381. The number of carbonyl (C=O) groups excluding carboxylic acids is 2. The molecule has 0 fully saturated rings. The van der Waals surface area contributed by atoms with E-state index >= 15 is 0 Å². The molecule has 13 heavy (non-hydrogen) atoms. The van der Waals surface area contributed by atoms with Crippen LogP contribution >= 0.6 is 0 Å². The third kappa shape index (κ3) is 1.18. The number of halogens is 1. The van der Waals surface area contributed by atoms with Gasteiger partial charge in [0.1, 0.15) is 5.83 Å². The van der Waals surface area contributed by atoms with E-state index in [0.717, 1.165) is 6.08 Å². The molecule has 0 radical (unpaired) electrons. The molecular weight excluding hydrogens is 177 g/mol. The van der Waals surface area contributed by atoms with E-state index < -0.39 is 23.8 Å². The first-order valence-electron chi connectivity index (χ1n) is 3.56. The van der Waals surface area contributed by atoms with Gasteiger partial charge in [-0.2, -0.15) is 4.99 Å². The minimum Gasteiger partial charge on any atom is -0.374 e. The summed E-state index contributed by atoms with van der Waals surface area (Å²) in [5.74, 6) is -2.71. The molecule has 2 rings (SSSR count). The molecule has 5 heteroatoms. The van der Waals surface area contributed by atoms with E-state index in [1.807, 2.05) is 0 Å². The Labute approximate surface area is 72.4 Å². The van der Waals surface area contributed by atoms with Crippen molar-refractivity contribution in [3.8, 4) is 0 Å². The molecule has 0 spiro atoms. The Morgan fingerprint density at radius 1 is 1.46 bits per heavy atom. The van der Waals surface area contributed by atoms with Gasteiger partial charge in [0, 0.05) is 0 Å². The van der Waals surface area contributed by atoms with Crippen molar-refractivity contribution in [2.75, 3.05) is 0 Å². The summed E-state index contributed by atoms with van der Waals surface area (Å²) in [7, 11) is 0. The quantitative estimate of drug-likeness (QED) is 0.416. The molecule has 1 unspecified atom stereocenters. The highest BCUT2D eigenvalue weighted by Gasteiger charge is 2.36. The van der Waals surface area contributed by atoms with Crippen LogP contribution in [0.4, 0.5) is 9.18 Å². The predicted octanol–water partition coefficient (Wildman–Crippen LogP) is 1.14. The maximum Gasteiger partial charge on any atom is 0.441 e. The van der Waals surface area contributed by atoms with E-state index in [1.54, 1.807) is 0 Å². The lowest BCUT2D eigenvalue weighted by atomic mass is 9.96. The third-order valence-corrected chi connectivity index (χ3v) is 1.74. The van der Waals surface area contributed by atoms with Crippen molar-refractivity contribution in [3.05, 3.63) is 24.1 Å². The van der Waals surface area contributed by atoms with Gasteiger partial charge in [0.2, 0.25) is 0 Å². The van der Waals surface area contributed by atoms with Crippen molar-refractivity contribution in [1.29, 1.82) is 0 Å². The summed E-state index contributed by atoms with van der Waals surface area (Å²) in [6.45, 7) is 0. The number of amides is 1. The number of hydrogen-bond donors (Lipinski definition) is 0. The number of carbonyl (C=O) groups is 2. The van der Waals surface area contributed by atoms with Crippen LogP contribution in [0.5, 0.6) is 0 Å². The van der Waals surface area contributed by atoms with Gasteiger partial charge in [-0.25, -0.2) is 9.18 Å². The maximum absolute atomic E-state index is 13.0. The number of fused-ring (bicyclic) bond motifs is 1. The summed E-state index contributed by atoms with van der Waals surface area (Å²) in [6.07, 6.45) is 2.94. The summed E-state index contributed by atoms with van der Waals surface area (Å²) >= 11 is 0. The minimum atomic E-state index is -1.15. The summed E-state index contributed by atoms with van der Waals surface area (Å²) < 4.78 is 17.2. The predicted molar refractivity (Wildman–Crippen MR) is 40.7 cm³/mol. The number of nitrogens with zero attached hydrogens (tertiary/aromatic N) is 1. The number of rotatable bonds is 0. The summed E-state index contributed by atoms with van der Waals surface area (Å²) in [5.41, 5.74) is 0.0984. The Kier molecular flexibility index (Phi) is 1.58. The normalized spacial score (nSPS) is 26.1. The third-order valence-electron chi connectivity index (χ3n) is 1.74. The van der Waals surface area contributed by atoms with Crippen molar-refractivity contribution in [2.24, 2.45) is 10.9 Å². The fraction of sp³-hybridized carbons (Fsp3) is 0.125. The first kappa shape index (κ1) is 7.85. The molecule has 66 valence electrons. The summed E-state index contributed by atoms with van der Waals surface area (Å²) in [5, 5.41) is 0. The Hall–Kier alpha value is -1.78. The number of hydrogen-bond acceptors (Lipinski definition) is 3. The summed E-state index contributed by atoms with van der Waals surface area (Å²) in [4.78, 5) is 25.0. The monoisotopic (exact) mass is 181 g/mol. The molecule has 1 aliphatic heterocycles. The first-order chi connectivity index (χ1) is 6.18. The Morgan fingerprint density at radius 2 is 2.23 bits per heavy atom. The van der Waals surface area contributed by atoms with Gasteiger partial charge >= 0.3 is 12.1 Å². The Balaban J connectivity index is 2.48. The van der Waals surface area contributed by atoms with Crippen LogP contribution in [0.25, 0.3) is 0 Å². The van der Waals surface area contributed by atoms with E-state index in [4.69, 9.17) is 0 Å². The number of ether oxygens (including phenoxy) is 1. The van der Waals surface area contributed by atoms with Crippen LogP contribution in [0.1, 0.15) is 0 Å². The largest absolute Gasteiger partial charge is 0.441 e. The van der Waals surface area contributed by atoms with Crippen molar-refractivity contribution in [1.82, 2.24) is 0 Å². The molecule has 0 aromatic rings. The van der Waals surface area contributed by atoms with Crippen molar-refractivity contribution in [2.45, 2.75) is 0 Å². The first-order valence-corrected chi connectivity index (χ1v) is 3.56. The van der Waals surface area contributed by atoms with Gasteiger partial charge in [0.25, 0.3) is 0 Å². The molecule has 4 nitrogen and oxygen atoms in total. The average Bonchev–Trinajstić information content (AvgIpc) is 2.02. The zero-order valence-corrected chi connectivity index (χ0v) is 6.36. The highest BCUT2D eigenvalue weighted by molar-refractivity contribution is 6.18. The molecule has 2 aliphatic rings. The second-order valence-electron chi connectivity index (χ2n) is 2.57. The topological polar surface area (TPSA) is 55.7 Å². The number of esters is 1. The van der Waals surface area contributed by atoms with Crippen LogP contribution in [0.3, 0.4) is 0 Å². The van der Waals surface area contributed by atoms with E-state index in [2.05, 4.69) is 9.73 Å². The molecule has 1 atom stereocenters. The molecule has 1 amide bonds. The van der Waals surface area contributed by atoms with Crippen LogP contribution in [0.2, 0.25) is 0 Å². The van der Waals surface area contributed by atoms with Crippen molar-refractivity contribution < 1.29 is 18.7 Å². The lowest BCUT2D eigenvalue weighted by molar-refractivity contribution is -0.139. The molecule has 1 heterocycles. The van der Waals surface area contributed by atoms with Crippen LogP contribution in [0, 0.1) is 5.92 Å². The van der Waals surface area contributed by atoms with Gasteiger partial charge in [-0.15, -0.1) is 0 Å². The maximum atomic E-state index is 13.0. The lowest BCUT2D eigenvalue weighted by Gasteiger charge is -2.18. The van der Waals surface area contributed by atoms with Crippen LogP contribution in [0.15, 0.2) is 29.0 Å². The number of cyclic esters (lactones) is 2. The standard InChI is InChI=1S/C8H4FNO3/c9-4-2-1-3-5-6(4)7(11)13-8(12)10-5/h1-3,6H. The van der Waals surface area contributed by atoms with E-state index in [9.17, 15) is 14.0 Å². The van der Waals surface area contributed by atoms with E-state index in [1.165, 1.54) is 12.2 Å². The number of allylic oxidation sites excluding steroid dienone is 3. The van der Waals surface area contributed by atoms with Crippen LogP contribution in [-0.2, 0) is 9.53 Å². The molecule has 0 bridgehead atoms. The van der Waals surface area contributed by atoms with Crippen LogP contribution in [-0.4, -0.2) is 17.8 Å². The Morgan fingerprint density at radius 3 is 3.00 bits per heavy atom. The van der Waals surface area contributed by atoms with Gasteiger partial charge in [-0.1, -0.05) is 6.08 Å². The van der Waals surface area contributed by atoms with Gasteiger partial charge in [0.15, 0.2) is 5.92 Å². The highest BCUT2D eigenvalue weighted by Crippen LogP contribution is 2.24. The molecular formula is C8H4FNO3. The van der Waals surface area contributed by atoms with Gasteiger partial charge in [-0.05, 0) is 12.2 Å². The second kappa shape index (κ2) is 2.62. The smallest absolute Gasteiger partial charge is 0.374 e. The molecule has 0 N–H and O–H groups in total. The van der Waals surface area contributed by atoms with Gasteiger partial charge < -0.3 is 4.74 Å². The van der Waals surface area contributed by atoms with E-state index in [0.29, 0.717) is 0 Å². The minimum absolute atomic E-state index is 0.0984. The van der Waals surface area contributed by atoms with Gasteiger partial charge in [0.05, 0.1) is 5.71 Å². The van der Waals surface area contributed by atoms with Gasteiger partial charge in [-0.3, -0.25) is 4.79 Å². The molecule has 0 saturated carbocycles. The lowest BCUT2D eigenvalue weighted by Crippen LogP contribution is -2.33. The van der Waals surface area contributed by atoms with Crippen molar-refractivity contribution >= 4 is 17.8 Å². The fourth-order valence-corrected chi connectivity index (χ4v) is 1.18. The zero-order valence-electron chi connectivity index (χ0n) is 6.36. The molecule has 0 saturated heterocycles. The zero-order chi connectivity index (χ0) is 9.42. The van der Waals surface area contributed by atoms with Crippen molar-refractivity contribution in [3.63, 3.8) is 0 Å². The highest BCUT2D eigenvalue weighted by atomic mass is 19.1. The summed E-state index contributed by atoms with van der Waals surface area (Å²) in [6, 6.07) is 0. The number of aliphatic imine (C=N–C) groups is 1. The SMILES string of the molecule is O=C1N=C2C=CC=C(F)C2C(=O)O1.